The Kier molecular flexibility index (Phi) is 1.16. The van der Waals surface area contributed by atoms with Crippen LogP contribution in [0.2, 0.25) is 0 Å². The molecular weight excluding hydrogens is 124 g/mol. The zero-order valence-corrected chi connectivity index (χ0v) is 4.48. The summed E-state index contributed by atoms with van der Waals surface area (Å²) in [4.78, 5) is 10.4. The first-order valence-corrected chi connectivity index (χ1v) is 2.40. The third-order valence-electron chi connectivity index (χ3n) is 1.20. The Morgan fingerprint density at radius 3 is 2.22 bits per heavy atom. The molecule has 1 atom stereocenters. The summed E-state index contributed by atoms with van der Waals surface area (Å²) in [5.41, 5.74) is 0. The average Bonchev–Trinajstić information content (AvgIpc) is 1.96. The van der Waals surface area contributed by atoms with Gasteiger partial charge in [0.15, 0.2) is 0 Å². The Labute approximate surface area is 51.0 Å². The summed E-state index contributed by atoms with van der Waals surface area (Å²) in [6, 6.07) is 0. The molecule has 50 valence electrons. The van der Waals surface area contributed by atoms with Gasteiger partial charge in [-0.3, -0.25) is 4.79 Å². The van der Waals surface area contributed by atoms with Gasteiger partial charge in [-0.05, 0) is 12.2 Å². The van der Waals surface area contributed by atoms with E-state index in [-0.39, 0.29) is 0 Å². The Balaban J connectivity index is 2.88. The van der Waals surface area contributed by atoms with E-state index in [0.717, 1.165) is 12.2 Å². The van der Waals surface area contributed by atoms with Crippen LogP contribution in [0.3, 0.4) is 0 Å². The smallest absolute Gasteiger partial charge is 0.258 e. The van der Waals surface area contributed by atoms with E-state index in [4.69, 9.17) is 15.3 Å². The van der Waals surface area contributed by atoms with E-state index in [2.05, 4.69) is 0 Å². The van der Waals surface area contributed by atoms with Crippen molar-refractivity contribution in [2.75, 3.05) is 0 Å². The number of ketones is 1. The molecule has 0 unspecified atom stereocenters. The predicted molar refractivity (Wildman–Crippen MR) is 27.3 cm³/mol. The summed E-state index contributed by atoms with van der Waals surface area (Å²) >= 11 is 0. The van der Waals surface area contributed by atoms with Gasteiger partial charge in [-0.15, -0.1) is 0 Å². The summed E-state index contributed by atoms with van der Waals surface area (Å²) < 4.78 is 0. The average molecular weight is 130 g/mol. The highest BCUT2D eigenvalue weighted by Crippen LogP contribution is 2.16. The molecule has 0 bridgehead atoms. The van der Waals surface area contributed by atoms with E-state index in [9.17, 15) is 4.79 Å². The van der Waals surface area contributed by atoms with Crippen LogP contribution in [0.5, 0.6) is 0 Å². The second kappa shape index (κ2) is 1.63. The number of rotatable bonds is 0. The third-order valence-corrected chi connectivity index (χ3v) is 1.20. The maximum Gasteiger partial charge on any atom is 0.258 e. The van der Waals surface area contributed by atoms with Crippen LogP contribution in [0.4, 0.5) is 0 Å². The molecule has 0 heterocycles. The van der Waals surface area contributed by atoms with Crippen molar-refractivity contribution in [3.05, 3.63) is 12.2 Å². The van der Waals surface area contributed by atoms with Crippen molar-refractivity contribution in [2.24, 2.45) is 0 Å². The summed E-state index contributed by atoms with van der Waals surface area (Å²) in [7, 11) is 0. The molecule has 0 aromatic rings. The minimum Gasteiger partial charge on any atom is -0.383 e. The zero-order chi connectivity index (χ0) is 7.07. The van der Waals surface area contributed by atoms with Crippen molar-refractivity contribution in [3.63, 3.8) is 0 Å². The lowest BCUT2D eigenvalue weighted by Gasteiger charge is -2.16. The highest BCUT2D eigenvalue weighted by Gasteiger charge is 2.42. The molecule has 0 amide bonds. The van der Waals surface area contributed by atoms with Gasteiger partial charge >= 0.3 is 0 Å². The topological polar surface area (TPSA) is 77.8 Å². The molecule has 0 saturated heterocycles. The number of aliphatic hydroxyl groups excluding tert-OH is 1. The molecule has 0 aromatic heterocycles. The molecule has 1 aliphatic carbocycles. The second-order valence-corrected chi connectivity index (χ2v) is 1.89. The fraction of sp³-hybridized carbons (Fsp3) is 0.400. The van der Waals surface area contributed by atoms with E-state index in [1.54, 1.807) is 0 Å². The summed E-state index contributed by atoms with van der Waals surface area (Å²) in [6.07, 6.45) is 0.484. The second-order valence-electron chi connectivity index (χ2n) is 1.89. The van der Waals surface area contributed by atoms with Crippen LogP contribution in [-0.4, -0.2) is 33.0 Å². The molecule has 0 radical (unpaired) electrons. The standard InChI is InChI=1S/C5H6O4/c6-3-1-2-4(7)5(3,8)9/h1-3,6,8-9H/t3-/m0/s1. The first-order valence-electron chi connectivity index (χ1n) is 2.40. The number of hydrogen-bond acceptors (Lipinski definition) is 4. The number of carbonyl (C=O) groups is 1. The van der Waals surface area contributed by atoms with Gasteiger partial charge in [-0.2, -0.15) is 0 Å². The Morgan fingerprint density at radius 2 is 2.11 bits per heavy atom. The van der Waals surface area contributed by atoms with Crippen molar-refractivity contribution in [1.82, 2.24) is 0 Å². The van der Waals surface area contributed by atoms with Gasteiger partial charge in [-0.1, -0.05) is 0 Å². The monoisotopic (exact) mass is 130 g/mol. The summed E-state index contributed by atoms with van der Waals surface area (Å²) in [6.45, 7) is 0. The highest BCUT2D eigenvalue weighted by atomic mass is 16.5. The molecular formula is C5H6O4. The number of aliphatic hydroxyl groups is 3. The van der Waals surface area contributed by atoms with E-state index < -0.39 is 17.7 Å². The lowest BCUT2D eigenvalue weighted by atomic mass is 10.2. The Morgan fingerprint density at radius 1 is 1.56 bits per heavy atom. The Bertz CT molecular complexity index is 170. The predicted octanol–water partition coefficient (Wildman–Crippen LogP) is -1.83. The molecule has 0 saturated carbocycles. The summed E-state index contributed by atoms with van der Waals surface area (Å²) in [5, 5.41) is 25.9. The van der Waals surface area contributed by atoms with Crippen LogP contribution < -0.4 is 0 Å². The minimum atomic E-state index is -2.58. The number of carbonyl (C=O) groups excluding carboxylic acids is 1. The Hall–Kier alpha value is -0.710. The fourth-order valence-electron chi connectivity index (χ4n) is 0.581. The molecule has 3 N–H and O–H groups in total. The minimum absolute atomic E-state index is 0.880. The van der Waals surface area contributed by atoms with Gasteiger partial charge in [0.1, 0.15) is 6.10 Å². The van der Waals surface area contributed by atoms with Gasteiger partial charge in [0.2, 0.25) is 5.78 Å². The first-order chi connectivity index (χ1) is 4.05. The van der Waals surface area contributed by atoms with Gasteiger partial charge < -0.3 is 15.3 Å². The van der Waals surface area contributed by atoms with Crippen LogP contribution in [0.15, 0.2) is 12.2 Å². The van der Waals surface area contributed by atoms with Gasteiger partial charge in [-0.25, -0.2) is 0 Å². The van der Waals surface area contributed by atoms with E-state index in [1.807, 2.05) is 0 Å². The van der Waals surface area contributed by atoms with Crippen molar-refractivity contribution < 1.29 is 20.1 Å². The van der Waals surface area contributed by atoms with Gasteiger partial charge in [0, 0.05) is 0 Å². The maximum absolute atomic E-state index is 10.4. The van der Waals surface area contributed by atoms with Crippen molar-refractivity contribution in [1.29, 1.82) is 0 Å². The molecule has 1 rings (SSSR count). The van der Waals surface area contributed by atoms with Crippen molar-refractivity contribution >= 4 is 5.78 Å². The van der Waals surface area contributed by atoms with Crippen LogP contribution >= 0.6 is 0 Å². The molecule has 0 spiro atoms. The molecule has 4 heteroatoms. The van der Waals surface area contributed by atoms with Gasteiger partial charge in [0.05, 0.1) is 0 Å². The van der Waals surface area contributed by atoms with Crippen LogP contribution in [0.1, 0.15) is 0 Å². The molecule has 1 aliphatic rings. The van der Waals surface area contributed by atoms with Crippen LogP contribution in [0.25, 0.3) is 0 Å². The van der Waals surface area contributed by atoms with E-state index in [1.165, 1.54) is 0 Å². The number of hydrogen-bond donors (Lipinski definition) is 3. The van der Waals surface area contributed by atoms with E-state index in [0.29, 0.717) is 0 Å². The van der Waals surface area contributed by atoms with Gasteiger partial charge in [0.25, 0.3) is 5.79 Å². The SMILES string of the molecule is O=C1C=C[C@H](O)C1(O)O. The molecule has 0 aliphatic heterocycles. The highest BCUT2D eigenvalue weighted by molar-refractivity contribution is 5.98. The maximum atomic E-state index is 10.4. The van der Waals surface area contributed by atoms with Crippen LogP contribution in [-0.2, 0) is 4.79 Å². The third kappa shape index (κ3) is 0.769. The van der Waals surface area contributed by atoms with E-state index >= 15 is 0 Å². The van der Waals surface area contributed by atoms with Crippen molar-refractivity contribution in [2.45, 2.75) is 11.9 Å². The van der Waals surface area contributed by atoms with Crippen LogP contribution in [0, 0.1) is 0 Å². The lowest BCUT2D eigenvalue weighted by molar-refractivity contribution is -0.201. The molecule has 0 fully saturated rings. The normalized spacial score (nSPS) is 31.4. The fourth-order valence-corrected chi connectivity index (χ4v) is 0.581. The largest absolute Gasteiger partial charge is 0.383 e. The summed E-state index contributed by atoms with van der Waals surface area (Å²) in [5.74, 6) is -3.46. The zero-order valence-electron chi connectivity index (χ0n) is 4.48. The first kappa shape index (κ1) is 6.41. The molecule has 0 aromatic carbocycles. The molecule has 9 heavy (non-hydrogen) atoms. The lowest BCUT2D eigenvalue weighted by Crippen LogP contribution is -2.43. The molecule has 4 nitrogen and oxygen atoms in total. The van der Waals surface area contributed by atoms with Crippen molar-refractivity contribution in [3.8, 4) is 0 Å². The quantitative estimate of drug-likeness (QED) is 0.337.